The van der Waals surface area contributed by atoms with Gasteiger partial charge in [-0.2, -0.15) is 5.26 Å². The van der Waals surface area contributed by atoms with Crippen LogP contribution >= 0.6 is 0 Å². The molecular formula is C13H17N3O3S. The van der Waals surface area contributed by atoms with E-state index in [1.807, 2.05) is 36.4 Å². The second-order valence-corrected chi connectivity index (χ2v) is 6.12. The molecule has 20 heavy (non-hydrogen) atoms. The van der Waals surface area contributed by atoms with Gasteiger partial charge in [-0.05, 0) is 18.4 Å². The zero-order valence-electron chi connectivity index (χ0n) is 11.0. The predicted octanol–water partition coefficient (Wildman–Crippen LogP) is 0.164. The lowest BCUT2D eigenvalue weighted by Crippen LogP contribution is -2.33. The zero-order valence-corrected chi connectivity index (χ0v) is 11.8. The first-order valence-electron chi connectivity index (χ1n) is 6.14. The molecule has 7 heteroatoms. The zero-order chi connectivity index (χ0) is 15.0. The highest BCUT2D eigenvalue weighted by Gasteiger charge is 2.17. The summed E-state index contributed by atoms with van der Waals surface area (Å²) in [4.78, 5) is 11.8. The summed E-state index contributed by atoms with van der Waals surface area (Å²) in [5, 5.41) is 16.4. The van der Waals surface area contributed by atoms with Crippen LogP contribution in [-0.2, 0) is 21.2 Å². The number of nitrogens with two attached hydrogens (primary N) is 1. The van der Waals surface area contributed by atoms with E-state index in [-0.39, 0.29) is 18.7 Å². The van der Waals surface area contributed by atoms with E-state index in [0.29, 0.717) is 6.42 Å². The second-order valence-electron chi connectivity index (χ2n) is 4.38. The maximum Gasteiger partial charge on any atom is 0.237 e. The fourth-order valence-corrected chi connectivity index (χ4v) is 2.20. The lowest BCUT2D eigenvalue weighted by molar-refractivity contribution is -0.123. The van der Waals surface area contributed by atoms with Gasteiger partial charge in [0.15, 0.2) is 0 Å². The summed E-state index contributed by atoms with van der Waals surface area (Å²) in [5.74, 6) is -1.37. The number of nitrogens with zero attached hydrogens (tertiary/aromatic N) is 1. The normalized spacial score (nSPS) is 12.4. The van der Waals surface area contributed by atoms with Gasteiger partial charge in [-0.15, -0.1) is 0 Å². The molecule has 108 valence electrons. The highest BCUT2D eigenvalue weighted by Crippen LogP contribution is 2.08. The van der Waals surface area contributed by atoms with Crippen LogP contribution in [0.2, 0.25) is 0 Å². The molecule has 1 rings (SSSR count). The van der Waals surface area contributed by atoms with E-state index in [9.17, 15) is 13.2 Å². The van der Waals surface area contributed by atoms with E-state index in [1.165, 1.54) is 0 Å². The molecule has 1 aromatic rings. The number of hydrogen-bond acceptors (Lipinski definition) is 4. The Hall–Kier alpha value is -1.91. The SMILES string of the molecule is N#CC(Cc1ccccc1)C(=O)NCCCS(N)(=O)=O. The van der Waals surface area contributed by atoms with Crippen LogP contribution in [0.4, 0.5) is 0 Å². The number of sulfonamides is 1. The summed E-state index contributed by atoms with van der Waals surface area (Å²) in [6.07, 6.45) is 0.562. The van der Waals surface area contributed by atoms with Gasteiger partial charge < -0.3 is 5.32 Å². The quantitative estimate of drug-likeness (QED) is 0.698. The number of carbonyl (C=O) groups is 1. The van der Waals surface area contributed by atoms with Crippen LogP contribution in [0.5, 0.6) is 0 Å². The largest absolute Gasteiger partial charge is 0.355 e. The standard InChI is InChI=1S/C13H17N3O3S/c14-10-12(9-11-5-2-1-3-6-11)13(17)16-7-4-8-20(15,18)19/h1-3,5-6,12H,4,7-9H2,(H,16,17)(H2,15,18,19). The molecule has 0 aliphatic carbocycles. The number of primary sulfonamides is 1. The van der Waals surface area contributed by atoms with Gasteiger partial charge in [-0.25, -0.2) is 13.6 Å². The van der Waals surface area contributed by atoms with Gasteiger partial charge in [0, 0.05) is 6.54 Å². The number of nitrogens with one attached hydrogen (secondary N) is 1. The van der Waals surface area contributed by atoms with Gasteiger partial charge in [0.1, 0.15) is 5.92 Å². The Morgan fingerprint density at radius 1 is 1.35 bits per heavy atom. The van der Waals surface area contributed by atoms with Crippen molar-refractivity contribution in [2.45, 2.75) is 12.8 Å². The summed E-state index contributed by atoms with van der Waals surface area (Å²) in [6.45, 7) is 0.183. The molecule has 0 aliphatic heterocycles. The Bertz CT molecular complexity index is 579. The van der Waals surface area contributed by atoms with Crippen molar-refractivity contribution < 1.29 is 13.2 Å². The Morgan fingerprint density at radius 3 is 2.55 bits per heavy atom. The molecule has 1 amide bonds. The molecule has 0 heterocycles. The Balaban J connectivity index is 2.42. The van der Waals surface area contributed by atoms with E-state index in [4.69, 9.17) is 10.4 Å². The molecule has 0 saturated carbocycles. The molecule has 1 aromatic carbocycles. The first-order chi connectivity index (χ1) is 9.42. The summed E-state index contributed by atoms with van der Waals surface area (Å²) in [6, 6.07) is 11.2. The minimum atomic E-state index is -3.51. The number of amides is 1. The fourth-order valence-electron chi connectivity index (χ4n) is 1.65. The van der Waals surface area contributed by atoms with Gasteiger partial charge in [-0.3, -0.25) is 4.79 Å². The number of benzene rings is 1. The minimum absolute atomic E-state index is 0.183. The Kier molecular flexibility index (Phi) is 6.15. The molecule has 0 bridgehead atoms. The van der Waals surface area contributed by atoms with Crippen molar-refractivity contribution in [3.05, 3.63) is 35.9 Å². The van der Waals surface area contributed by atoms with Gasteiger partial charge in [-0.1, -0.05) is 30.3 Å². The molecule has 0 saturated heterocycles. The van der Waals surface area contributed by atoms with Crippen molar-refractivity contribution in [1.29, 1.82) is 5.26 Å². The first-order valence-corrected chi connectivity index (χ1v) is 7.85. The third-order valence-electron chi connectivity index (χ3n) is 2.66. The molecule has 0 fully saturated rings. The van der Waals surface area contributed by atoms with Crippen LogP contribution in [0.25, 0.3) is 0 Å². The summed E-state index contributed by atoms with van der Waals surface area (Å²) >= 11 is 0. The smallest absolute Gasteiger partial charge is 0.237 e. The Labute approximate surface area is 118 Å². The van der Waals surface area contributed by atoms with E-state index in [1.54, 1.807) is 0 Å². The van der Waals surface area contributed by atoms with Crippen molar-refractivity contribution in [3.63, 3.8) is 0 Å². The molecule has 0 aromatic heterocycles. The number of rotatable bonds is 7. The van der Waals surface area contributed by atoms with Crippen molar-refractivity contribution in [2.24, 2.45) is 11.1 Å². The van der Waals surface area contributed by atoms with Gasteiger partial charge in [0.2, 0.25) is 15.9 Å². The summed E-state index contributed by atoms with van der Waals surface area (Å²) < 4.78 is 21.4. The van der Waals surface area contributed by atoms with Crippen LogP contribution < -0.4 is 10.5 Å². The van der Waals surface area contributed by atoms with Crippen molar-refractivity contribution in [2.75, 3.05) is 12.3 Å². The van der Waals surface area contributed by atoms with E-state index >= 15 is 0 Å². The van der Waals surface area contributed by atoms with Gasteiger partial charge in [0.25, 0.3) is 0 Å². The molecule has 0 spiro atoms. The highest BCUT2D eigenvalue weighted by molar-refractivity contribution is 7.89. The third-order valence-corrected chi connectivity index (χ3v) is 3.52. The average molecular weight is 295 g/mol. The van der Waals surface area contributed by atoms with Crippen LogP contribution in [0.1, 0.15) is 12.0 Å². The maximum atomic E-state index is 11.8. The predicted molar refractivity (Wildman–Crippen MR) is 74.8 cm³/mol. The maximum absolute atomic E-state index is 11.8. The molecule has 1 atom stereocenters. The number of carbonyl (C=O) groups excluding carboxylic acids is 1. The summed E-state index contributed by atoms with van der Waals surface area (Å²) in [5.41, 5.74) is 0.902. The van der Waals surface area contributed by atoms with E-state index < -0.39 is 21.8 Å². The van der Waals surface area contributed by atoms with Crippen LogP contribution in [0, 0.1) is 17.2 Å². The van der Waals surface area contributed by atoms with Crippen LogP contribution in [-0.4, -0.2) is 26.6 Å². The molecule has 6 nitrogen and oxygen atoms in total. The van der Waals surface area contributed by atoms with Crippen LogP contribution in [0.15, 0.2) is 30.3 Å². The molecule has 0 aliphatic rings. The van der Waals surface area contributed by atoms with Crippen LogP contribution in [0.3, 0.4) is 0 Å². The van der Waals surface area contributed by atoms with Gasteiger partial charge in [0.05, 0.1) is 11.8 Å². The average Bonchev–Trinajstić information content (AvgIpc) is 2.41. The van der Waals surface area contributed by atoms with Crippen molar-refractivity contribution >= 4 is 15.9 Å². The molecule has 3 N–H and O–H groups in total. The number of nitriles is 1. The highest BCUT2D eigenvalue weighted by atomic mass is 32.2. The fraction of sp³-hybridized carbons (Fsp3) is 0.385. The molecule has 0 radical (unpaired) electrons. The number of hydrogen-bond donors (Lipinski definition) is 2. The topological polar surface area (TPSA) is 113 Å². The second kappa shape index (κ2) is 7.62. The van der Waals surface area contributed by atoms with Crippen molar-refractivity contribution in [3.8, 4) is 6.07 Å². The van der Waals surface area contributed by atoms with Crippen molar-refractivity contribution in [1.82, 2.24) is 5.32 Å². The molecular weight excluding hydrogens is 278 g/mol. The van der Waals surface area contributed by atoms with Gasteiger partial charge >= 0.3 is 0 Å². The van der Waals surface area contributed by atoms with E-state index in [2.05, 4.69) is 5.32 Å². The lowest BCUT2D eigenvalue weighted by Gasteiger charge is -2.10. The lowest BCUT2D eigenvalue weighted by atomic mass is 10.00. The molecule has 1 unspecified atom stereocenters. The first kappa shape index (κ1) is 16.1. The third kappa shape index (κ3) is 6.31. The summed E-state index contributed by atoms with van der Waals surface area (Å²) in [7, 11) is -3.51. The Morgan fingerprint density at radius 2 is 2.00 bits per heavy atom. The van der Waals surface area contributed by atoms with E-state index in [0.717, 1.165) is 5.56 Å². The monoisotopic (exact) mass is 295 g/mol. The minimum Gasteiger partial charge on any atom is -0.355 e.